The summed E-state index contributed by atoms with van der Waals surface area (Å²) in [4.78, 5) is 0. The van der Waals surface area contributed by atoms with Crippen LogP contribution in [0.25, 0.3) is 0 Å². The van der Waals surface area contributed by atoms with Crippen LogP contribution < -0.4 is 18.9 Å². The number of nitrogens with one attached hydrogen (secondary N) is 1. The lowest BCUT2D eigenvalue weighted by molar-refractivity contribution is -0.274. The van der Waals surface area contributed by atoms with Crippen molar-refractivity contribution < 1.29 is 49.0 Å². The Morgan fingerprint density at radius 2 is 1.16 bits per heavy atom. The molecule has 0 unspecified atom stereocenters. The number of halogens is 6. The molecule has 3 aromatic rings. The first-order valence-corrected chi connectivity index (χ1v) is 12.0. The molecule has 200 valence electrons. The van der Waals surface area contributed by atoms with Crippen molar-refractivity contribution in [2.24, 2.45) is 0 Å². The fraction of sp³-hybridized carbons (Fsp3) is 0.250. The van der Waals surface area contributed by atoms with E-state index in [1.165, 1.54) is 16.9 Å². The standard InChI is InChI=1S/C24H21F6NO5S/c1-22(2,3)15-4-6-17(7-5-15)35-21-14-19(12-13-20(21)31-37(32,33)24(28,29)30)34-16-8-10-18(11-9-16)36-23(25,26)27/h4-14,31H,1-3H3. The molecular formula is C24H21F6NO5S. The average molecular weight is 549 g/mol. The number of sulfonamides is 1. The second kappa shape index (κ2) is 10.0. The fourth-order valence-electron chi connectivity index (χ4n) is 2.93. The van der Waals surface area contributed by atoms with E-state index in [-0.39, 0.29) is 28.4 Å². The van der Waals surface area contributed by atoms with E-state index >= 15 is 0 Å². The lowest BCUT2D eigenvalue weighted by Crippen LogP contribution is -2.30. The highest BCUT2D eigenvalue weighted by molar-refractivity contribution is 7.93. The van der Waals surface area contributed by atoms with Crippen molar-refractivity contribution in [1.29, 1.82) is 0 Å². The molecule has 0 radical (unpaired) electrons. The van der Waals surface area contributed by atoms with E-state index in [9.17, 15) is 34.8 Å². The number of alkyl halides is 6. The van der Waals surface area contributed by atoms with Crippen LogP contribution in [0.1, 0.15) is 26.3 Å². The molecule has 37 heavy (non-hydrogen) atoms. The molecule has 0 aliphatic carbocycles. The second-order valence-corrected chi connectivity index (χ2v) is 10.4. The van der Waals surface area contributed by atoms with Crippen LogP contribution in [-0.4, -0.2) is 20.3 Å². The molecule has 13 heteroatoms. The van der Waals surface area contributed by atoms with Gasteiger partial charge in [0, 0.05) is 6.07 Å². The van der Waals surface area contributed by atoms with Gasteiger partial charge in [-0.2, -0.15) is 21.6 Å². The third kappa shape index (κ3) is 7.68. The van der Waals surface area contributed by atoms with Gasteiger partial charge in [-0.15, -0.1) is 13.2 Å². The summed E-state index contributed by atoms with van der Waals surface area (Å²) in [6.07, 6.45) is -4.88. The Balaban J connectivity index is 1.91. The van der Waals surface area contributed by atoms with Gasteiger partial charge in [0.15, 0.2) is 5.75 Å². The highest BCUT2D eigenvalue weighted by Gasteiger charge is 2.46. The molecule has 0 fully saturated rings. The average Bonchev–Trinajstić information content (AvgIpc) is 2.75. The first-order valence-electron chi connectivity index (χ1n) is 10.5. The number of hydrogen-bond acceptors (Lipinski definition) is 5. The first-order chi connectivity index (χ1) is 16.9. The highest BCUT2D eigenvalue weighted by atomic mass is 32.2. The van der Waals surface area contributed by atoms with Crippen molar-refractivity contribution in [3.63, 3.8) is 0 Å². The maximum Gasteiger partial charge on any atom is 0.573 e. The summed E-state index contributed by atoms with van der Waals surface area (Å²) in [6.45, 7) is 5.94. The molecule has 0 saturated heterocycles. The predicted molar refractivity (Wildman–Crippen MR) is 123 cm³/mol. The van der Waals surface area contributed by atoms with E-state index in [4.69, 9.17) is 9.47 Å². The molecule has 0 saturated carbocycles. The van der Waals surface area contributed by atoms with E-state index in [0.717, 1.165) is 35.9 Å². The van der Waals surface area contributed by atoms with Gasteiger partial charge in [0.2, 0.25) is 0 Å². The van der Waals surface area contributed by atoms with Crippen molar-refractivity contribution in [3.05, 3.63) is 72.3 Å². The summed E-state index contributed by atoms with van der Waals surface area (Å²) < 4.78 is 116. The lowest BCUT2D eigenvalue weighted by atomic mass is 9.87. The Hall–Kier alpha value is -3.61. The fourth-order valence-corrected chi connectivity index (χ4v) is 3.51. The van der Waals surface area contributed by atoms with Gasteiger partial charge in [-0.3, -0.25) is 4.72 Å². The number of rotatable bonds is 7. The lowest BCUT2D eigenvalue weighted by Gasteiger charge is -2.20. The first kappa shape index (κ1) is 28.0. The van der Waals surface area contributed by atoms with Gasteiger partial charge in [-0.1, -0.05) is 32.9 Å². The summed E-state index contributed by atoms with van der Waals surface area (Å²) in [6, 6.07) is 14.3. The molecule has 0 amide bonds. The largest absolute Gasteiger partial charge is 0.573 e. The Morgan fingerprint density at radius 1 is 0.676 bits per heavy atom. The summed E-state index contributed by atoms with van der Waals surface area (Å²) in [5.41, 5.74) is -5.32. The summed E-state index contributed by atoms with van der Waals surface area (Å²) in [5, 5.41) is 0. The van der Waals surface area contributed by atoms with Crippen LogP contribution in [0.2, 0.25) is 0 Å². The molecule has 1 N–H and O–H groups in total. The van der Waals surface area contributed by atoms with Gasteiger partial charge in [0.1, 0.15) is 23.0 Å². The van der Waals surface area contributed by atoms with Gasteiger partial charge >= 0.3 is 21.9 Å². The molecule has 3 aromatic carbocycles. The number of benzene rings is 3. The maximum atomic E-state index is 12.9. The van der Waals surface area contributed by atoms with E-state index in [2.05, 4.69) is 4.74 Å². The Kier molecular flexibility index (Phi) is 7.59. The molecule has 0 bridgehead atoms. The van der Waals surface area contributed by atoms with Crippen molar-refractivity contribution in [2.45, 2.75) is 38.1 Å². The topological polar surface area (TPSA) is 73.9 Å². The quantitative estimate of drug-likeness (QED) is 0.306. The molecule has 0 spiro atoms. The molecular weight excluding hydrogens is 528 g/mol. The van der Waals surface area contributed by atoms with Gasteiger partial charge in [0.05, 0.1) is 5.69 Å². The minimum Gasteiger partial charge on any atom is -0.457 e. The monoisotopic (exact) mass is 549 g/mol. The molecule has 0 heterocycles. The Labute approximate surface area is 208 Å². The van der Waals surface area contributed by atoms with Crippen molar-refractivity contribution in [3.8, 4) is 28.7 Å². The normalized spacial score (nSPS) is 12.7. The van der Waals surface area contributed by atoms with Crippen LogP contribution in [0, 0.1) is 0 Å². The zero-order valence-corrected chi connectivity index (χ0v) is 20.4. The van der Waals surface area contributed by atoms with Crippen LogP contribution in [-0.2, 0) is 15.4 Å². The SMILES string of the molecule is CC(C)(C)c1ccc(Oc2cc(Oc3ccc(OC(F)(F)F)cc3)ccc2NS(=O)(=O)C(F)(F)F)cc1. The minimum atomic E-state index is -5.76. The number of ether oxygens (including phenoxy) is 3. The third-order valence-corrected chi connectivity index (χ3v) is 5.84. The summed E-state index contributed by atoms with van der Waals surface area (Å²) >= 11 is 0. The Morgan fingerprint density at radius 3 is 1.68 bits per heavy atom. The second-order valence-electron chi connectivity index (χ2n) is 8.71. The minimum absolute atomic E-state index is 0.000702. The predicted octanol–water partition coefficient (Wildman–Crippen LogP) is 7.73. The summed E-state index contributed by atoms with van der Waals surface area (Å²) in [5.74, 6) is -0.531. The van der Waals surface area contributed by atoms with Gasteiger partial charge in [-0.05, 0) is 59.5 Å². The van der Waals surface area contributed by atoms with Gasteiger partial charge in [0.25, 0.3) is 0 Å². The number of anilines is 1. The molecule has 0 aromatic heterocycles. The van der Waals surface area contributed by atoms with Crippen molar-refractivity contribution >= 4 is 15.7 Å². The zero-order valence-electron chi connectivity index (χ0n) is 19.6. The van der Waals surface area contributed by atoms with E-state index in [1.54, 1.807) is 24.3 Å². The highest BCUT2D eigenvalue weighted by Crippen LogP contribution is 2.38. The van der Waals surface area contributed by atoms with E-state index in [0.29, 0.717) is 0 Å². The van der Waals surface area contributed by atoms with Crippen LogP contribution >= 0.6 is 0 Å². The van der Waals surface area contributed by atoms with Crippen LogP contribution in [0.3, 0.4) is 0 Å². The molecule has 0 atom stereocenters. The van der Waals surface area contributed by atoms with Gasteiger partial charge in [-0.25, -0.2) is 0 Å². The molecule has 3 rings (SSSR count). The smallest absolute Gasteiger partial charge is 0.457 e. The molecule has 6 nitrogen and oxygen atoms in total. The molecule has 0 aliphatic heterocycles. The van der Waals surface area contributed by atoms with Gasteiger partial charge < -0.3 is 14.2 Å². The van der Waals surface area contributed by atoms with E-state index in [1.807, 2.05) is 20.8 Å². The van der Waals surface area contributed by atoms with Crippen LogP contribution in [0.4, 0.5) is 32.0 Å². The zero-order chi connectivity index (χ0) is 27.6. The Bertz CT molecular complexity index is 1330. The molecule has 0 aliphatic rings. The number of hydrogen-bond donors (Lipinski definition) is 1. The van der Waals surface area contributed by atoms with Crippen molar-refractivity contribution in [2.75, 3.05) is 4.72 Å². The summed E-state index contributed by atoms with van der Waals surface area (Å²) in [7, 11) is -5.76. The maximum absolute atomic E-state index is 12.9. The van der Waals surface area contributed by atoms with Crippen LogP contribution in [0.15, 0.2) is 66.7 Å². The van der Waals surface area contributed by atoms with Crippen LogP contribution in [0.5, 0.6) is 28.7 Å². The van der Waals surface area contributed by atoms with E-state index < -0.39 is 33.3 Å². The van der Waals surface area contributed by atoms with Crippen molar-refractivity contribution in [1.82, 2.24) is 0 Å². The third-order valence-electron chi connectivity index (χ3n) is 4.74.